The average Bonchev–Trinajstić information content (AvgIpc) is 3.58. The lowest BCUT2D eigenvalue weighted by Crippen LogP contribution is -2.21. The van der Waals surface area contributed by atoms with E-state index >= 15 is 0 Å². The van der Waals surface area contributed by atoms with Crippen molar-refractivity contribution in [3.8, 4) is 17.6 Å². The first-order valence-electron chi connectivity index (χ1n) is 11.7. The van der Waals surface area contributed by atoms with E-state index < -0.39 is 12.1 Å². The number of halogens is 5. The van der Waals surface area contributed by atoms with Crippen molar-refractivity contribution < 1.29 is 27.8 Å². The van der Waals surface area contributed by atoms with E-state index in [1.54, 1.807) is 29.9 Å². The Morgan fingerprint density at radius 2 is 2.02 bits per heavy atom. The van der Waals surface area contributed by atoms with Gasteiger partial charge in [0.1, 0.15) is 34.5 Å². The Kier molecular flexibility index (Phi) is 9.65. The molecule has 1 saturated heterocycles. The van der Waals surface area contributed by atoms with E-state index in [9.17, 15) is 13.2 Å². The normalized spacial score (nSPS) is 14.6. The number of ether oxygens (including phenoxy) is 1. The molecule has 0 saturated carbocycles. The van der Waals surface area contributed by atoms with Crippen molar-refractivity contribution in [2.45, 2.75) is 31.7 Å². The number of carboxylic acids is 1. The summed E-state index contributed by atoms with van der Waals surface area (Å²) in [6, 6.07) is 11.5. The average molecular weight is 610 g/mol. The van der Waals surface area contributed by atoms with Gasteiger partial charge in [0, 0.05) is 17.4 Å². The van der Waals surface area contributed by atoms with Gasteiger partial charge in [0.05, 0.1) is 21.3 Å². The van der Waals surface area contributed by atoms with Crippen LogP contribution < -0.4 is 15.4 Å². The number of carboxylic acid groups (broad SMARTS) is 1. The van der Waals surface area contributed by atoms with Crippen molar-refractivity contribution in [2.75, 3.05) is 11.9 Å². The molecule has 1 aliphatic rings. The van der Waals surface area contributed by atoms with E-state index in [0.29, 0.717) is 21.7 Å². The summed E-state index contributed by atoms with van der Waals surface area (Å²) in [5, 5.41) is 15.7. The topological polar surface area (TPSA) is 109 Å². The molecule has 14 heteroatoms. The molecule has 0 spiro atoms. The minimum absolute atomic E-state index is 0.274. The number of nitrogens with zero attached hydrogens (tertiary/aromatic N) is 3. The SMILES string of the molecule is Clc1cc(Nc2ncnc3sc(C#C[C@H]4CCCN4)cc23)ccc1OCc1cccnc1Cl.O=C(O)C(F)(F)F. The number of aliphatic carboxylic acids is 1. The fraction of sp³-hybridized carbons (Fsp3) is 0.231. The van der Waals surface area contributed by atoms with Gasteiger partial charge in [0.2, 0.25) is 0 Å². The molecule has 1 aromatic carbocycles. The van der Waals surface area contributed by atoms with Crippen LogP contribution in [0.4, 0.5) is 24.7 Å². The van der Waals surface area contributed by atoms with Crippen LogP contribution in [0.3, 0.4) is 0 Å². The predicted octanol–water partition coefficient (Wildman–Crippen LogP) is 6.45. The fourth-order valence-electron chi connectivity index (χ4n) is 3.50. The number of aromatic nitrogens is 3. The van der Waals surface area contributed by atoms with E-state index in [0.717, 1.165) is 39.3 Å². The lowest BCUT2D eigenvalue weighted by molar-refractivity contribution is -0.192. The number of hydrogen-bond acceptors (Lipinski definition) is 8. The Morgan fingerprint density at radius 3 is 2.70 bits per heavy atom. The third-order valence-electron chi connectivity index (χ3n) is 5.42. The molecule has 0 radical (unpaired) electrons. The van der Waals surface area contributed by atoms with Crippen LogP contribution in [-0.2, 0) is 11.4 Å². The minimum atomic E-state index is -5.08. The van der Waals surface area contributed by atoms with Crippen molar-refractivity contribution >= 4 is 62.2 Å². The van der Waals surface area contributed by atoms with E-state index in [-0.39, 0.29) is 12.6 Å². The highest BCUT2D eigenvalue weighted by Gasteiger charge is 2.38. The molecule has 40 heavy (non-hydrogen) atoms. The Hall–Kier alpha value is -3.63. The molecule has 1 fully saturated rings. The standard InChI is InChI=1S/C24H19Cl2N5OS.C2HF3O2/c25-20-11-17(6-8-21(20)32-13-15-3-1-10-28-22(15)26)31-23-19-12-18(33-24(19)30-14-29-23)7-5-16-4-2-9-27-16;3-2(4,5)1(6)7/h1,3,6,8,10-12,14,16,27H,2,4,9,13H2,(H,29,30,31);(H,6,7)/t16-;/m1./s1. The second-order valence-electron chi connectivity index (χ2n) is 8.29. The molecular weight excluding hydrogens is 590 g/mol. The maximum absolute atomic E-state index is 10.6. The smallest absolute Gasteiger partial charge is 0.487 e. The predicted molar refractivity (Wildman–Crippen MR) is 147 cm³/mol. The van der Waals surface area contributed by atoms with Crippen molar-refractivity contribution in [1.29, 1.82) is 0 Å². The quantitative estimate of drug-likeness (QED) is 0.175. The van der Waals surface area contributed by atoms with Gasteiger partial charge in [0.15, 0.2) is 0 Å². The Labute approximate surface area is 240 Å². The third kappa shape index (κ3) is 7.95. The van der Waals surface area contributed by atoms with E-state index in [1.165, 1.54) is 6.42 Å². The Bertz CT molecular complexity index is 1570. The first-order valence-corrected chi connectivity index (χ1v) is 13.3. The Balaban J connectivity index is 0.000000470. The zero-order valence-corrected chi connectivity index (χ0v) is 22.8. The van der Waals surface area contributed by atoms with Crippen LogP contribution in [0.2, 0.25) is 10.2 Å². The highest BCUT2D eigenvalue weighted by Crippen LogP contribution is 2.33. The van der Waals surface area contributed by atoms with Crippen LogP contribution in [0.5, 0.6) is 5.75 Å². The van der Waals surface area contributed by atoms with Crippen LogP contribution in [0, 0.1) is 11.8 Å². The van der Waals surface area contributed by atoms with Gasteiger partial charge < -0.3 is 20.5 Å². The highest BCUT2D eigenvalue weighted by molar-refractivity contribution is 7.19. The van der Waals surface area contributed by atoms with Crippen molar-refractivity contribution in [1.82, 2.24) is 20.3 Å². The van der Waals surface area contributed by atoms with E-state index in [2.05, 4.69) is 37.4 Å². The number of fused-ring (bicyclic) bond motifs is 1. The number of carbonyl (C=O) groups is 1. The van der Waals surface area contributed by atoms with E-state index in [4.69, 9.17) is 37.8 Å². The molecule has 4 heterocycles. The third-order valence-corrected chi connectivity index (χ3v) is 7.01. The van der Waals surface area contributed by atoms with Crippen LogP contribution in [0.1, 0.15) is 23.3 Å². The maximum Gasteiger partial charge on any atom is 0.490 e. The van der Waals surface area contributed by atoms with Crippen LogP contribution in [0.25, 0.3) is 10.2 Å². The van der Waals surface area contributed by atoms with Crippen LogP contribution in [-0.4, -0.2) is 44.8 Å². The number of alkyl halides is 3. The summed E-state index contributed by atoms with van der Waals surface area (Å²) in [7, 11) is 0. The number of anilines is 2. The molecule has 0 amide bonds. The first kappa shape index (κ1) is 29.4. The second kappa shape index (κ2) is 13.1. The molecule has 3 N–H and O–H groups in total. The van der Waals surface area contributed by atoms with Crippen molar-refractivity contribution in [3.63, 3.8) is 0 Å². The lowest BCUT2D eigenvalue weighted by atomic mass is 10.2. The van der Waals surface area contributed by atoms with Gasteiger partial charge in [0.25, 0.3) is 0 Å². The van der Waals surface area contributed by atoms with Crippen LogP contribution in [0.15, 0.2) is 48.9 Å². The minimum Gasteiger partial charge on any atom is -0.487 e. The zero-order chi connectivity index (χ0) is 28.7. The van der Waals surface area contributed by atoms with Crippen molar-refractivity contribution in [3.05, 3.63) is 69.5 Å². The Morgan fingerprint density at radius 1 is 1.23 bits per heavy atom. The largest absolute Gasteiger partial charge is 0.490 e. The number of pyridine rings is 1. The number of hydrogen-bond donors (Lipinski definition) is 3. The summed E-state index contributed by atoms with van der Waals surface area (Å²) in [4.78, 5) is 23.6. The fourth-order valence-corrected chi connectivity index (χ4v) is 4.77. The van der Waals surface area contributed by atoms with Crippen molar-refractivity contribution in [2.24, 2.45) is 0 Å². The molecule has 0 unspecified atom stereocenters. The first-order chi connectivity index (χ1) is 19.1. The molecule has 0 aliphatic carbocycles. The van der Waals surface area contributed by atoms with Gasteiger partial charge in [-0.1, -0.05) is 41.1 Å². The molecule has 3 aromatic heterocycles. The van der Waals surface area contributed by atoms with Gasteiger partial charge in [-0.25, -0.2) is 19.7 Å². The lowest BCUT2D eigenvalue weighted by Gasteiger charge is -2.11. The maximum atomic E-state index is 10.6. The number of nitrogens with one attached hydrogen (secondary N) is 2. The summed E-state index contributed by atoms with van der Waals surface area (Å²) in [5.41, 5.74) is 1.58. The number of thiophene rings is 1. The summed E-state index contributed by atoms with van der Waals surface area (Å²) >= 11 is 14.1. The number of benzene rings is 1. The highest BCUT2D eigenvalue weighted by atomic mass is 35.5. The number of rotatable bonds is 5. The second-order valence-corrected chi connectivity index (χ2v) is 10.1. The van der Waals surface area contributed by atoms with Gasteiger partial charge in [-0.05, 0) is 49.7 Å². The summed E-state index contributed by atoms with van der Waals surface area (Å²) in [5.74, 6) is 5.09. The molecule has 8 nitrogen and oxygen atoms in total. The monoisotopic (exact) mass is 609 g/mol. The summed E-state index contributed by atoms with van der Waals surface area (Å²) in [6.07, 6.45) is 0.377. The molecule has 4 aromatic rings. The zero-order valence-electron chi connectivity index (χ0n) is 20.4. The summed E-state index contributed by atoms with van der Waals surface area (Å²) in [6.45, 7) is 1.32. The molecule has 208 valence electrons. The molecule has 1 aliphatic heterocycles. The van der Waals surface area contributed by atoms with Gasteiger partial charge in [-0.15, -0.1) is 11.3 Å². The molecular formula is C26H20Cl2F3N5O3S. The summed E-state index contributed by atoms with van der Waals surface area (Å²) < 4.78 is 37.6. The molecule has 0 bridgehead atoms. The van der Waals surface area contributed by atoms with Gasteiger partial charge >= 0.3 is 12.1 Å². The molecule has 5 rings (SSSR count). The van der Waals surface area contributed by atoms with Crippen LogP contribution >= 0.6 is 34.5 Å². The molecule has 1 atom stereocenters. The van der Waals surface area contributed by atoms with Gasteiger partial charge in [-0.2, -0.15) is 13.2 Å². The van der Waals surface area contributed by atoms with Gasteiger partial charge in [-0.3, -0.25) is 0 Å². The van der Waals surface area contributed by atoms with E-state index in [1.807, 2.05) is 30.3 Å².